The van der Waals surface area contributed by atoms with Gasteiger partial charge in [0.15, 0.2) is 0 Å². The van der Waals surface area contributed by atoms with Crippen LogP contribution in [-0.4, -0.2) is 42.0 Å². The molecule has 25 heavy (non-hydrogen) atoms. The summed E-state index contributed by atoms with van der Waals surface area (Å²) in [7, 11) is 0. The van der Waals surface area contributed by atoms with E-state index in [4.69, 9.17) is 11.6 Å². The predicted octanol–water partition coefficient (Wildman–Crippen LogP) is 3.71. The lowest BCUT2D eigenvalue weighted by Crippen LogP contribution is -2.49. The second-order valence-electron chi connectivity index (χ2n) is 6.38. The SMILES string of the molecule is O=C(Cc1c[nH]c2ccccc12)N1CCN(c2cccc(Cl)c2)CC1. The van der Waals surface area contributed by atoms with E-state index in [9.17, 15) is 4.79 Å². The number of para-hydroxylation sites is 1. The van der Waals surface area contributed by atoms with Gasteiger partial charge in [0.2, 0.25) is 5.91 Å². The molecule has 0 aliphatic carbocycles. The van der Waals surface area contributed by atoms with Gasteiger partial charge in [0.05, 0.1) is 6.42 Å². The van der Waals surface area contributed by atoms with E-state index in [2.05, 4.69) is 22.0 Å². The lowest BCUT2D eigenvalue weighted by Gasteiger charge is -2.36. The molecule has 0 atom stereocenters. The summed E-state index contributed by atoms with van der Waals surface area (Å²) in [4.78, 5) is 20.2. The minimum Gasteiger partial charge on any atom is -0.368 e. The number of nitrogens with zero attached hydrogens (tertiary/aromatic N) is 2. The van der Waals surface area contributed by atoms with E-state index in [0.29, 0.717) is 6.42 Å². The van der Waals surface area contributed by atoms with Crippen LogP contribution in [0, 0.1) is 0 Å². The largest absolute Gasteiger partial charge is 0.368 e. The maximum Gasteiger partial charge on any atom is 0.227 e. The summed E-state index contributed by atoms with van der Waals surface area (Å²) in [6.07, 6.45) is 2.39. The summed E-state index contributed by atoms with van der Waals surface area (Å²) in [5.74, 6) is 0.190. The van der Waals surface area contributed by atoms with Crippen LogP contribution >= 0.6 is 11.6 Å². The Balaban J connectivity index is 1.40. The Morgan fingerprint density at radius 2 is 1.84 bits per heavy atom. The Kier molecular flexibility index (Phi) is 4.36. The van der Waals surface area contributed by atoms with Gasteiger partial charge < -0.3 is 14.8 Å². The van der Waals surface area contributed by atoms with Crippen molar-refractivity contribution in [3.63, 3.8) is 0 Å². The van der Waals surface area contributed by atoms with Crippen LogP contribution in [0.2, 0.25) is 5.02 Å². The summed E-state index contributed by atoms with van der Waals surface area (Å²) in [6, 6.07) is 16.0. The molecule has 1 aliphatic rings. The molecule has 1 amide bonds. The Morgan fingerprint density at radius 1 is 1.04 bits per heavy atom. The van der Waals surface area contributed by atoms with Gasteiger partial charge in [-0.05, 0) is 29.8 Å². The quantitative estimate of drug-likeness (QED) is 0.779. The number of carbonyl (C=O) groups excluding carboxylic acids is 1. The number of nitrogens with one attached hydrogen (secondary N) is 1. The van der Waals surface area contributed by atoms with Crippen LogP contribution in [0.15, 0.2) is 54.7 Å². The molecule has 1 aliphatic heterocycles. The van der Waals surface area contributed by atoms with Crippen LogP contribution in [0.25, 0.3) is 10.9 Å². The number of fused-ring (bicyclic) bond motifs is 1. The number of carbonyl (C=O) groups is 1. The first-order valence-electron chi connectivity index (χ1n) is 8.54. The average Bonchev–Trinajstić information content (AvgIpc) is 3.05. The number of H-pyrrole nitrogens is 1. The zero-order valence-electron chi connectivity index (χ0n) is 13.9. The maximum absolute atomic E-state index is 12.7. The molecule has 0 saturated carbocycles. The lowest BCUT2D eigenvalue weighted by molar-refractivity contribution is -0.130. The number of halogens is 1. The fourth-order valence-corrected chi connectivity index (χ4v) is 3.62. The van der Waals surface area contributed by atoms with Crippen molar-refractivity contribution in [3.05, 3.63) is 65.3 Å². The van der Waals surface area contributed by atoms with Crippen molar-refractivity contribution in [1.29, 1.82) is 0 Å². The minimum atomic E-state index is 0.190. The molecule has 128 valence electrons. The van der Waals surface area contributed by atoms with Crippen molar-refractivity contribution >= 4 is 34.1 Å². The summed E-state index contributed by atoms with van der Waals surface area (Å²) >= 11 is 6.08. The maximum atomic E-state index is 12.7. The number of aromatic nitrogens is 1. The molecule has 4 nitrogen and oxygen atoms in total. The number of aromatic amines is 1. The fraction of sp³-hybridized carbons (Fsp3) is 0.250. The van der Waals surface area contributed by atoms with Crippen LogP contribution in [0.4, 0.5) is 5.69 Å². The smallest absolute Gasteiger partial charge is 0.227 e. The van der Waals surface area contributed by atoms with Gasteiger partial charge in [-0.15, -0.1) is 0 Å². The fourth-order valence-electron chi connectivity index (χ4n) is 3.44. The van der Waals surface area contributed by atoms with Crippen molar-refractivity contribution in [1.82, 2.24) is 9.88 Å². The molecule has 5 heteroatoms. The Bertz CT molecular complexity index is 897. The molecular formula is C20H20ClN3O. The van der Waals surface area contributed by atoms with E-state index in [-0.39, 0.29) is 5.91 Å². The highest BCUT2D eigenvalue weighted by molar-refractivity contribution is 6.30. The third-order valence-corrected chi connectivity index (χ3v) is 5.06. The number of anilines is 1. The molecule has 4 rings (SSSR count). The number of hydrogen-bond donors (Lipinski definition) is 1. The monoisotopic (exact) mass is 353 g/mol. The number of amides is 1. The number of hydrogen-bond acceptors (Lipinski definition) is 2. The Hall–Kier alpha value is -2.46. The summed E-state index contributed by atoms with van der Waals surface area (Å²) in [5.41, 5.74) is 3.27. The first-order valence-corrected chi connectivity index (χ1v) is 8.92. The summed E-state index contributed by atoms with van der Waals surface area (Å²) < 4.78 is 0. The van der Waals surface area contributed by atoms with E-state index in [0.717, 1.165) is 53.4 Å². The molecule has 1 N–H and O–H groups in total. The van der Waals surface area contributed by atoms with Crippen molar-refractivity contribution in [2.75, 3.05) is 31.1 Å². The average molecular weight is 354 g/mol. The minimum absolute atomic E-state index is 0.190. The van der Waals surface area contributed by atoms with Crippen LogP contribution in [0.5, 0.6) is 0 Å². The van der Waals surface area contributed by atoms with Gasteiger partial charge in [0.25, 0.3) is 0 Å². The van der Waals surface area contributed by atoms with Crippen molar-refractivity contribution < 1.29 is 4.79 Å². The van der Waals surface area contributed by atoms with E-state index in [1.807, 2.05) is 47.5 Å². The van der Waals surface area contributed by atoms with Gasteiger partial charge in [-0.3, -0.25) is 4.79 Å². The Morgan fingerprint density at radius 3 is 2.64 bits per heavy atom. The second kappa shape index (κ2) is 6.81. The molecule has 1 fully saturated rings. The third kappa shape index (κ3) is 3.35. The second-order valence-corrected chi connectivity index (χ2v) is 6.82. The highest BCUT2D eigenvalue weighted by Crippen LogP contribution is 2.22. The predicted molar refractivity (Wildman–Crippen MR) is 102 cm³/mol. The summed E-state index contributed by atoms with van der Waals surface area (Å²) in [6.45, 7) is 3.15. The molecule has 1 aromatic heterocycles. The number of benzene rings is 2. The first-order chi connectivity index (χ1) is 12.2. The van der Waals surface area contributed by atoms with Gasteiger partial charge in [-0.2, -0.15) is 0 Å². The van der Waals surface area contributed by atoms with Crippen molar-refractivity contribution in [3.8, 4) is 0 Å². The molecule has 0 bridgehead atoms. The molecule has 3 aromatic rings. The van der Waals surface area contributed by atoms with Crippen LogP contribution < -0.4 is 4.90 Å². The molecule has 0 unspecified atom stereocenters. The normalized spacial score (nSPS) is 14.9. The van der Waals surface area contributed by atoms with Crippen LogP contribution in [0.1, 0.15) is 5.56 Å². The molecule has 0 radical (unpaired) electrons. The molecule has 2 aromatic carbocycles. The highest BCUT2D eigenvalue weighted by atomic mass is 35.5. The third-order valence-electron chi connectivity index (χ3n) is 4.82. The van der Waals surface area contributed by atoms with E-state index < -0.39 is 0 Å². The first kappa shape index (κ1) is 16.0. The lowest BCUT2D eigenvalue weighted by atomic mass is 10.1. The van der Waals surface area contributed by atoms with Crippen LogP contribution in [-0.2, 0) is 11.2 Å². The van der Waals surface area contributed by atoms with E-state index in [1.54, 1.807) is 0 Å². The molecule has 1 saturated heterocycles. The van der Waals surface area contributed by atoms with Crippen molar-refractivity contribution in [2.24, 2.45) is 0 Å². The van der Waals surface area contributed by atoms with Gasteiger partial charge in [0, 0.05) is 54.0 Å². The standard InChI is InChI=1S/C20H20ClN3O/c21-16-4-3-5-17(13-16)23-8-10-24(11-9-23)20(25)12-15-14-22-19-7-2-1-6-18(15)19/h1-7,13-14,22H,8-12H2. The van der Waals surface area contributed by atoms with E-state index in [1.165, 1.54) is 0 Å². The molecule has 2 heterocycles. The van der Waals surface area contributed by atoms with Crippen LogP contribution in [0.3, 0.4) is 0 Å². The van der Waals surface area contributed by atoms with Crippen molar-refractivity contribution in [2.45, 2.75) is 6.42 Å². The molecular weight excluding hydrogens is 334 g/mol. The highest BCUT2D eigenvalue weighted by Gasteiger charge is 2.22. The zero-order chi connectivity index (χ0) is 17.2. The summed E-state index contributed by atoms with van der Waals surface area (Å²) in [5, 5.41) is 1.88. The topological polar surface area (TPSA) is 39.3 Å². The number of rotatable bonds is 3. The zero-order valence-corrected chi connectivity index (χ0v) is 14.7. The van der Waals surface area contributed by atoms with Gasteiger partial charge in [-0.1, -0.05) is 35.9 Å². The van der Waals surface area contributed by atoms with E-state index >= 15 is 0 Å². The number of piperazine rings is 1. The van der Waals surface area contributed by atoms with Gasteiger partial charge in [0.1, 0.15) is 0 Å². The van der Waals surface area contributed by atoms with Gasteiger partial charge in [-0.25, -0.2) is 0 Å². The van der Waals surface area contributed by atoms with Gasteiger partial charge >= 0.3 is 0 Å². The Labute approximate surface area is 152 Å². The molecule has 0 spiro atoms.